The van der Waals surface area contributed by atoms with Gasteiger partial charge in [0, 0.05) is 0 Å². The fourth-order valence-electron chi connectivity index (χ4n) is 7.41. The van der Waals surface area contributed by atoms with E-state index in [4.69, 9.17) is 11.5 Å². The number of hydrogen-bond acceptors (Lipinski definition) is 6. The Morgan fingerprint density at radius 3 is 1.10 bits per heavy atom. The van der Waals surface area contributed by atoms with Gasteiger partial charge in [-0.2, -0.15) is 8.61 Å². The van der Waals surface area contributed by atoms with Crippen molar-refractivity contribution in [1.82, 2.24) is 0 Å². The lowest BCUT2D eigenvalue weighted by Gasteiger charge is -2.23. The van der Waals surface area contributed by atoms with Crippen LogP contribution in [0.4, 0.5) is 21.0 Å². The highest BCUT2D eigenvalue weighted by atomic mass is 32.2. The van der Waals surface area contributed by atoms with Gasteiger partial charge in [-0.25, -0.2) is 26.4 Å². The molecular formula is C39H44N4O6S2. The molecule has 4 amide bonds. The average Bonchev–Trinajstić information content (AvgIpc) is 3.13. The van der Waals surface area contributed by atoms with E-state index in [-0.39, 0.29) is 21.2 Å². The number of benzene rings is 4. The summed E-state index contributed by atoms with van der Waals surface area (Å²) in [4.78, 5) is 24.9. The minimum absolute atomic E-state index is 0.0199. The molecule has 0 aromatic heterocycles. The Labute approximate surface area is 300 Å². The maximum absolute atomic E-state index is 13.6. The summed E-state index contributed by atoms with van der Waals surface area (Å²) >= 11 is 0. The Bertz CT molecular complexity index is 1900. The molecule has 10 nitrogen and oxygen atoms in total. The predicted octanol–water partition coefficient (Wildman–Crippen LogP) is 7.92. The third-order valence-electron chi connectivity index (χ3n) is 10.1. The number of hydrogen-bond donors (Lipinski definition) is 2. The molecule has 4 N–H and O–H groups in total. The first-order chi connectivity index (χ1) is 24.4. The topological polar surface area (TPSA) is 161 Å². The number of anilines is 2. The normalized spacial score (nSPS) is 16.0. The second-order valence-electron chi connectivity index (χ2n) is 13.5. The van der Waals surface area contributed by atoms with E-state index >= 15 is 0 Å². The molecule has 0 atom stereocenters. The van der Waals surface area contributed by atoms with E-state index in [1.54, 1.807) is 24.3 Å². The fraction of sp³-hybridized carbons (Fsp3) is 0.333. The van der Waals surface area contributed by atoms with Crippen molar-refractivity contribution in [2.45, 2.75) is 92.3 Å². The zero-order valence-corrected chi connectivity index (χ0v) is 30.1. The van der Waals surface area contributed by atoms with Crippen molar-refractivity contribution in [3.8, 4) is 0 Å². The van der Waals surface area contributed by atoms with Crippen LogP contribution >= 0.6 is 0 Å². The number of primary amides is 2. The standard InChI is InChI=1S/C39H44N4O6S2/c40-38(44)42(50(46,47)36-23-15-32(16-24-36)30-7-3-1-4-8-30)34-19-11-28(12-20-34)27-29-13-21-35(22-14-29)43(39(41)45)51(48,49)37-25-17-33(18-26-37)31-9-5-2-6-10-31/h11-26,30-31H,1-10,27H2,(H2,40,44)(H2,41,45). The van der Waals surface area contributed by atoms with Gasteiger partial charge in [-0.3, -0.25) is 0 Å². The minimum Gasteiger partial charge on any atom is -0.350 e. The summed E-state index contributed by atoms with van der Waals surface area (Å²) in [6, 6.07) is 24.0. The zero-order valence-electron chi connectivity index (χ0n) is 28.5. The summed E-state index contributed by atoms with van der Waals surface area (Å²) in [6.07, 6.45) is 11.8. The van der Waals surface area contributed by atoms with Crippen LogP contribution in [0.25, 0.3) is 0 Å². The molecule has 0 aliphatic heterocycles. The summed E-state index contributed by atoms with van der Waals surface area (Å²) < 4.78 is 55.4. The number of nitrogens with two attached hydrogens (primary N) is 2. The van der Waals surface area contributed by atoms with Crippen molar-refractivity contribution >= 4 is 43.5 Å². The molecule has 4 aromatic rings. The molecule has 12 heteroatoms. The first-order valence-electron chi connectivity index (χ1n) is 17.5. The van der Waals surface area contributed by atoms with Crippen LogP contribution in [0, 0.1) is 0 Å². The van der Waals surface area contributed by atoms with Crippen molar-refractivity contribution in [3.63, 3.8) is 0 Å². The minimum atomic E-state index is -4.27. The highest BCUT2D eigenvalue weighted by Crippen LogP contribution is 2.35. The molecule has 268 valence electrons. The third kappa shape index (κ3) is 7.97. The summed E-state index contributed by atoms with van der Waals surface area (Å²) in [5.41, 5.74) is 15.2. The van der Waals surface area contributed by atoms with Crippen molar-refractivity contribution in [2.75, 3.05) is 8.61 Å². The van der Waals surface area contributed by atoms with Crippen molar-refractivity contribution in [2.24, 2.45) is 11.5 Å². The lowest BCUT2D eigenvalue weighted by atomic mass is 9.84. The molecule has 2 saturated carbocycles. The van der Waals surface area contributed by atoms with Gasteiger partial charge < -0.3 is 11.5 Å². The number of carbonyl (C=O) groups is 2. The Morgan fingerprint density at radius 1 is 0.490 bits per heavy atom. The zero-order chi connectivity index (χ0) is 36.2. The number of nitrogens with zero attached hydrogens (tertiary/aromatic N) is 2. The van der Waals surface area contributed by atoms with Gasteiger partial charge in [0.25, 0.3) is 20.0 Å². The van der Waals surface area contributed by atoms with Crippen LogP contribution in [0.3, 0.4) is 0 Å². The lowest BCUT2D eigenvalue weighted by molar-refractivity contribution is 0.256. The van der Waals surface area contributed by atoms with Crippen LogP contribution in [0.1, 0.15) is 98.3 Å². The molecule has 4 aromatic carbocycles. The Hall–Kier alpha value is -4.68. The second kappa shape index (κ2) is 15.3. The highest BCUT2D eigenvalue weighted by Gasteiger charge is 2.31. The number of sulfonamides is 2. The molecule has 0 radical (unpaired) electrons. The number of amides is 4. The SMILES string of the molecule is NC(=O)N(c1ccc(Cc2ccc(N(C(N)=O)S(=O)(=O)c3ccc(C4CCCCC4)cc3)cc2)cc1)S(=O)(=O)c1ccc(C2CCCCC2)cc1. The summed E-state index contributed by atoms with van der Waals surface area (Å²) in [6.45, 7) is 0. The maximum Gasteiger partial charge on any atom is 0.333 e. The molecule has 2 aliphatic rings. The van der Waals surface area contributed by atoms with E-state index in [9.17, 15) is 26.4 Å². The van der Waals surface area contributed by atoms with Gasteiger partial charge in [-0.15, -0.1) is 0 Å². The first-order valence-corrected chi connectivity index (χ1v) is 20.4. The van der Waals surface area contributed by atoms with Gasteiger partial charge in [0.2, 0.25) is 0 Å². The highest BCUT2D eigenvalue weighted by molar-refractivity contribution is 7.94. The van der Waals surface area contributed by atoms with Crippen LogP contribution in [-0.4, -0.2) is 28.9 Å². The van der Waals surface area contributed by atoms with E-state index in [2.05, 4.69) is 0 Å². The van der Waals surface area contributed by atoms with E-state index in [0.29, 0.717) is 26.9 Å². The average molecular weight is 729 g/mol. The van der Waals surface area contributed by atoms with Gasteiger partial charge in [0.1, 0.15) is 0 Å². The Morgan fingerprint density at radius 2 is 0.804 bits per heavy atom. The van der Waals surface area contributed by atoms with Crippen LogP contribution in [0.5, 0.6) is 0 Å². The van der Waals surface area contributed by atoms with E-state index in [1.165, 1.54) is 61.4 Å². The fourth-order valence-corrected chi connectivity index (χ4v) is 10.1. The molecule has 0 unspecified atom stereocenters. The van der Waals surface area contributed by atoms with E-state index in [0.717, 1.165) is 73.6 Å². The number of carbonyl (C=O) groups excluding carboxylic acids is 2. The van der Waals surface area contributed by atoms with E-state index in [1.807, 2.05) is 24.3 Å². The van der Waals surface area contributed by atoms with Gasteiger partial charge in [0.15, 0.2) is 0 Å². The Balaban J connectivity index is 1.15. The molecule has 6 rings (SSSR count). The maximum atomic E-state index is 13.6. The van der Waals surface area contributed by atoms with Crippen LogP contribution in [0.2, 0.25) is 0 Å². The van der Waals surface area contributed by atoms with Crippen LogP contribution in [-0.2, 0) is 26.5 Å². The first kappa shape index (κ1) is 36.1. The van der Waals surface area contributed by atoms with Gasteiger partial charge in [-0.05, 0) is 115 Å². The van der Waals surface area contributed by atoms with Gasteiger partial charge in [0.05, 0.1) is 21.2 Å². The largest absolute Gasteiger partial charge is 0.350 e. The molecule has 0 saturated heterocycles. The number of urea groups is 2. The van der Waals surface area contributed by atoms with Crippen LogP contribution in [0.15, 0.2) is 107 Å². The summed E-state index contributed by atoms with van der Waals surface area (Å²) in [5, 5.41) is 0. The molecule has 51 heavy (non-hydrogen) atoms. The van der Waals surface area contributed by atoms with Crippen molar-refractivity contribution in [1.29, 1.82) is 0 Å². The predicted molar refractivity (Wildman–Crippen MR) is 199 cm³/mol. The quantitative estimate of drug-likeness (QED) is 0.169. The van der Waals surface area contributed by atoms with Crippen LogP contribution < -0.4 is 20.1 Å². The summed E-state index contributed by atoms with van der Waals surface area (Å²) in [7, 11) is -8.53. The molecule has 0 bridgehead atoms. The molecule has 0 spiro atoms. The second-order valence-corrected chi connectivity index (χ2v) is 17.1. The number of rotatable bonds is 10. The Kier molecular flexibility index (Phi) is 10.8. The van der Waals surface area contributed by atoms with Crippen molar-refractivity contribution in [3.05, 3.63) is 119 Å². The van der Waals surface area contributed by atoms with Crippen molar-refractivity contribution < 1.29 is 26.4 Å². The molecule has 0 heterocycles. The monoisotopic (exact) mass is 728 g/mol. The lowest BCUT2D eigenvalue weighted by Crippen LogP contribution is -2.40. The third-order valence-corrected chi connectivity index (χ3v) is 13.6. The van der Waals surface area contributed by atoms with Gasteiger partial charge >= 0.3 is 12.1 Å². The molecular weight excluding hydrogens is 685 g/mol. The molecule has 2 aliphatic carbocycles. The summed E-state index contributed by atoms with van der Waals surface area (Å²) in [5.74, 6) is 0.824. The van der Waals surface area contributed by atoms with E-state index < -0.39 is 32.1 Å². The molecule has 2 fully saturated rings. The smallest absolute Gasteiger partial charge is 0.333 e. The van der Waals surface area contributed by atoms with Gasteiger partial charge in [-0.1, -0.05) is 87.1 Å².